The van der Waals surface area contributed by atoms with Gasteiger partial charge in [0.2, 0.25) is 0 Å². The molecular weight excluding hydrogens is 575 g/mol. The maximum atomic E-state index is 14.2. The lowest BCUT2D eigenvalue weighted by molar-refractivity contribution is -0.141. The lowest BCUT2D eigenvalue weighted by Gasteiger charge is -2.29. The molecule has 0 aliphatic carbocycles. The van der Waals surface area contributed by atoms with Gasteiger partial charge < -0.3 is 15.0 Å². The number of carbonyl (C=O) groups excluding carboxylic acids is 1. The van der Waals surface area contributed by atoms with Crippen molar-refractivity contribution in [3.8, 4) is 10.6 Å². The molecule has 43 heavy (non-hydrogen) atoms. The van der Waals surface area contributed by atoms with Gasteiger partial charge >= 0.3 is 6.18 Å². The molecule has 11 heteroatoms. The van der Waals surface area contributed by atoms with Gasteiger partial charge in [0.25, 0.3) is 5.91 Å². The van der Waals surface area contributed by atoms with E-state index in [0.29, 0.717) is 31.9 Å². The standard InChI is InChI=1S/C32H34F3N5O2S/c1-3-39(20-23-11-13-36-14-12-23)21-25-7-4-5-10-27(25)31-38-29(32(33,34)35)28(43-31)30(41)37-22(2)24-8-6-9-26(19-24)40-15-17-42-18-16-40/h4-14,19,22H,3,15-18,20-21H2,1-2H3,(H,37,41)/t22-/m0/s1. The molecule has 226 valence electrons. The molecule has 1 aliphatic rings. The third kappa shape index (κ3) is 7.59. The van der Waals surface area contributed by atoms with E-state index in [2.05, 4.69) is 25.1 Å². The molecular formula is C32H34F3N5O2S. The molecule has 1 aliphatic heterocycles. The summed E-state index contributed by atoms with van der Waals surface area (Å²) in [6.45, 7) is 8.49. The third-order valence-corrected chi connectivity index (χ3v) is 8.53. The summed E-state index contributed by atoms with van der Waals surface area (Å²) >= 11 is 0.771. The summed E-state index contributed by atoms with van der Waals surface area (Å²) in [6, 6.07) is 18.3. The van der Waals surface area contributed by atoms with Crippen molar-refractivity contribution >= 4 is 22.9 Å². The maximum absolute atomic E-state index is 14.2. The normalized spacial score (nSPS) is 14.6. The second kappa shape index (κ2) is 13.7. The van der Waals surface area contributed by atoms with E-state index in [0.717, 1.165) is 53.3 Å². The summed E-state index contributed by atoms with van der Waals surface area (Å²) < 4.78 is 48.0. The van der Waals surface area contributed by atoms with Gasteiger partial charge in [-0.05, 0) is 54.4 Å². The van der Waals surface area contributed by atoms with E-state index >= 15 is 0 Å². The van der Waals surface area contributed by atoms with Crippen molar-refractivity contribution in [1.82, 2.24) is 20.2 Å². The summed E-state index contributed by atoms with van der Waals surface area (Å²) in [5.41, 5.74) is 3.12. The number of hydrogen-bond acceptors (Lipinski definition) is 7. The number of nitrogens with zero attached hydrogens (tertiary/aromatic N) is 4. The minimum absolute atomic E-state index is 0.162. The smallest absolute Gasteiger partial charge is 0.378 e. The second-order valence-corrected chi connectivity index (χ2v) is 11.4. The van der Waals surface area contributed by atoms with Gasteiger partial charge in [-0.1, -0.05) is 43.3 Å². The second-order valence-electron chi connectivity index (χ2n) is 10.4. The van der Waals surface area contributed by atoms with Gasteiger partial charge in [-0.15, -0.1) is 11.3 Å². The summed E-state index contributed by atoms with van der Waals surface area (Å²) in [7, 11) is 0. The fraction of sp³-hybridized carbons (Fsp3) is 0.344. The van der Waals surface area contributed by atoms with Crippen molar-refractivity contribution in [2.75, 3.05) is 37.7 Å². The molecule has 0 saturated carbocycles. The Balaban J connectivity index is 1.38. The molecule has 1 atom stereocenters. The van der Waals surface area contributed by atoms with Crippen LogP contribution in [-0.2, 0) is 24.0 Å². The Hall–Kier alpha value is -3.80. The number of pyridine rings is 1. The van der Waals surface area contributed by atoms with Crippen LogP contribution in [0.15, 0.2) is 73.1 Å². The minimum atomic E-state index is -4.79. The van der Waals surface area contributed by atoms with Crippen molar-refractivity contribution in [3.63, 3.8) is 0 Å². The van der Waals surface area contributed by atoms with Gasteiger partial charge in [0.1, 0.15) is 9.88 Å². The number of hydrogen-bond donors (Lipinski definition) is 1. The first-order valence-corrected chi connectivity index (χ1v) is 15.1. The van der Waals surface area contributed by atoms with Gasteiger partial charge in [-0.2, -0.15) is 13.2 Å². The predicted octanol–water partition coefficient (Wildman–Crippen LogP) is 6.57. The topological polar surface area (TPSA) is 70.6 Å². The SMILES string of the molecule is CCN(Cc1ccncc1)Cc1ccccc1-c1nc(C(F)(F)F)c(C(=O)N[C@@H](C)c2cccc(N3CCOCC3)c2)s1. The van der Waals surface area contributed by atoms with Crippen LogP contribution in [0.3, 0.4) is 0 Å². The zero-order chi connectivity index (χ0) is 30.4. The number of morpholine rings is 1. The number of rotatable bonds is 10. The van der Waals surface area contributed by atoms with Crippen molar-refractivity contribution < 1.29 is 22.7 Å². The van der Waals surface area contributed by atoms with Gasteiger partial charge in [0.05, 0.1) is 19.3 Å². The summed E-state index contributed by atoms with van der Waals surface area (Å²) in [5.74, 6) is -0.800. The highest BCUT2D eigenvalue weighted by Gasteiger charge is 2.40. The molecule has 1 amide bonds. The average Bonchev–Trinajstić information content (AvgIpc) is 3.49. The number of nitrogens with one attached hydrogen (secondary N) is 1. The van der Waals surface area contributed by atoms with Crippen LogP contribution >= 0.6 is 11.3 Å². The van der Waals surface area contributed by atoms with Crippen molar-refractivity contribution in [2.45, 2.75) is 39.2 Å². The first-order chi connectivity index (χ1) is 20.7. The Morgan fingerprint density at radius 3 is 2.53 bits per heavy atom. The molecule has 2 aromatic carbocycles. The summed E-state index contributed by atoms with van der Waals surface area (Å²) in [5, 5.41) is 2.94. The molecule has 7 nitrogen and oxygen atoms in total. The van der Waals surface area contributed by atoms with Crippen LogP contribution in [0, 0.1) is 0 Å². The Morgan fingerprint density at radius 1 is 1.07 bits per heavy atom. The number of benzene rings is 2. The number of halogens is 3. The van der Waals surface area contributed by atoms with Gasteiger partial charge in [-0.25, -0.2) is 4.98 Å². The number of aromatic nitrogens is 2. The maximum Gasteiger partial charge on any atom is 0.435 e. The zero-order valence-electron chi connectivity index (χ0n) is 24.1. The molecule has 0 bridgehead atoms. The first kappa shape index (κ1) is 30.7. The molecule has 0 unspecified atom stereocenters. The number of amides is 1. The quantitative estimate of drug-likeness (QED) is 0.219. The lowest BCUT2D eigenvalue weighted by Crippen LogP contribution is -2.36. The van der Waals surface area contributed by atoms with Crippen molar-refractivity contribution in [2.24, 2.45) is 0 Å². The summed E-state index contributed by atoms with van der Waals surface area (Å²) in [6.07, 6.45) is -1.31. The highest BCUT2D eigenvalue weighted by Crippen LogP contribution is 2.39. The van der Waals surface area contributed by atoms with Crippen molar-refractivity contribution in [3.05, 3.63) is 100 Å². The number of anilines is 1. The van der Waals surface area contributed by atoms with Crippen molar-refractivity contribution in [1.29, 1.82) is 0 Å². The molecule has 1 fully saturated rings. The molecule has 2 aromatic heterocycles. The van der Waals surface area contributed by atoms with Gasteiger partial charge in [0.15, 0.2) is 5.69 Å². The molecule has 0 radical (unpaired) electrons. The van der Waals surface area contributed by atoms with E-state index in [1.807, 2.05) is 55.5 Å². The highest BCUT2D eigenvalue weighted by atomic mass is 32.1. The summed E-state index contributed by atoms with van der Waals surface area (Å²) in [4.78, 5) is 25.3. The van der Waals surface area contributed by atoms with Crippen LogP contribution in [0.5, 0.6) is 0 Å². The van der Waals surface area contributed by atoms with Crippen LogP contribution in [-0.4, -0.2) is 53.6 Å². The average molecular weight is 610 g/mol. The van der Waals surface area contributed by atoms with E-state index in [9.17, 15) is 18.0 Å². The fourth-order valence-corrected chi connectivity index (χ4v) is 6.12. The van der Waals surface area contributed by atoms with Gasteiger partial charge in [0, 0.05) is 49.8 Å². The van der Waals surface area contributed by atoms with E-state index in [4.69, 9.17) is 4.74 Å². The molecule has 5 rings (SSSR count). The molecule has 1 saturated heterocycles. The largest absolute Gasteiger partial charge is 0.435 e. The number of alkyl halides is 3. The molecule has 4 aromatic rings. The van der Waals surface area contributed by atoms with Crippen LogP contribution in [0.1, 0.15) is 51.9 Å². The molecule has 0 spiro atoms. The van der Waals surface area contributed by atoms with Crippen LogP contribution in [0.2, 0.25) is 0 Å². The molecule has 3 heterocycles. The van der Waals surface area contributed by atoms with E-state index in [1.54, 1.807) is 31.5 Å². The fourth-order valence-electron chi connectivity index (χ4n) is 5.07. The van der Waals surface area contributed by atoms with Crippen LogP contribution < -0.4 is 10.2 Å². The number of carbonyl (C=O) groups is 1. The number of thiazole rings is 1. The third-order valence-electron chi connectivity index (χ3n) is 7.44. The monoisotopic (exact) mass is 609 g/mol. The minimum Gasteiger partial charge on any atom is -0.378 e. The number of ether oxygens (including phenoxy) is 1. The highest BCUT2D eigenvalue weighted by molar-refractivity contribution is 7.17. The lowest BCUT2D eigenvalue weighted by atomic mass is 10.1. The predicted molar refractivity (Wildman–Crippen MR) is 162 cm³/mol. The Labute approximate surface area is 253 Å². The van der Waals surface area contributed by atoms with Crippen LogP contribution in [0.25, 0.3) is 10.6 Å². The van der Waals surface area contributed by atoms with Crippen LogP contribution in [0.4, 0.5) is 18.9 Å². The van der Waals surface area contributed by atoms with E-state index in [-0.39, 0.29) is 5.01 Å². The Bertz CT molecular complexity index is 1520. The van der Waals surface area contributed by atoms with Gasteiger partial charge in [-0.3, -0.25) is 14.7 Å². The zero-order valence-corrected chi connectivity index (χ0v) is 24.9. The Kier molecular flexibility index (Phi) is 9.74. The molecule has 1 N–H and O–H groups in total. The van der Waals surface area contributed by atoms with E-state index < -0.39 is 28.7 Å². The van der Waals surface area contributed by atoms with E-state index in [1.165, 1.54) is 0 Å². The Morgan fingerprint density at radius 2 is 1.81 bits per heavy atom. The first-order valence-electron chi connectivity index (χ1n) is 14.2.